The summed E-state index contributed by atoms with van der Waals surface area (Å²) in [6.45, 7) is 2.38. The highest BCUT2D eigenvalue weighted by molar-refractivity contribution is 6.08. The minimum atomic E-state index is -0.492. The van der Waals surface area contributed by atoms with Crippen LogP contribution in [0.25, 0.3) is 0 Å². The van der Waals surface area contributed by atoms with Crippen LogP contribution in [0.3, 0.4) is 0 Å². The van der Waals surface area contributed by atoms with Gasteiger partial charge in [0.05, 0.1) is 0 Å². The first kappa shape index (κ1) is 15.5. The summed E-state index contributed by atoms with van der Waals surface area (Å²) in [5.74, 6) is -0.506. The average Bonchev–Trinajstić information content (AvgIpc) is 2.82. The van der Waals surface area contributed by atoms with Gasteiger partial charge in [-0.15, -0.1) is 0 Å². The van der Waals surface area contributed by atoms with Crippen LogP contribution in [-0.2, 0) is 16.0 Å². The first-order valence-corrected chi connectivity index (χ1v) is 8.12. The first-order valence-electron chi connectivity index (χ1n) is 8.12. The highest BCUT2D eigenvalue weighted by atomic mass is 16.2. The molecule has 0 spiro atoms. The van der Waals surface area contributed by atoms with Gasteiger partial charge < -0.3 is 10.2 Å². The number of nitrogens with one attached hydrogen (secondary N) is 1. The van der Waals surface area contributed by atoms with Crippen LogP contribution < -0.4 is 10.2 Å². The summed E-state index contributed by atoms with van der Waals surface area (Å²) in [4.78, 5) is 39.6. The van der Waals surface area contributed by atoms with E-state index in [-0.39, 0.29) is 18.4 Å². The Labute approximate surface area is 135 Å². The summed E-state index contributed by atoms with van der Waals surface area (Å²) in [6, 6.07) is 6.83. The molecular formula is C17H21N3O3. The third-order valence-corrected chi connectivity index (χ3v) is 4.39. The molecule has 6 heteroatoms. The van der Waals surface area contributed by atoms with Crippen molar-refractivity contribution in [2.24, 2.45) is 0 Å². The summed E-state index contributed by atoms with van der Waals surface area (Å²) in [6.07, 6.45) is 3.24. The van der Waals surface area contributed by atoms with Gasteiger partial charge in [-0.2, -0.15) is 0 Å². The maximum Gasteiger partial charge on any atom is 0.325 e. The number of benzene rings is 1. The highest BCUT2D eigenvalue weighted by Crippen LogP contribution is 2.27. The third-order valence-electron chi connectivity index (χ3n) is 4.39. The number of aryl methyl sites for hydroxylation is 1. The molecule has 1 aromatic rings. The van der Waals surface area contributed by atoms with E-state index >= 15 is 0 Å². The maximum atomic E-state index is 12.6. The summed E-state index contributed by atoms with van der Waals surface area (Å²) in [5, 5.41) is 2.65. The lowest BCUT2D eigenvalue weighted by Crippen LogP contribution is -2.45. The number of urea groups is 1. The van der Waals surface area contributed by atoms with Crippen molar-refractivity contribution in [1.82, 2.24) is 10.2 Å². The standard InChI is InChI=1S/C17H21N3O3/c1-2-6-13-16(22)20(17(23)18-13)11-15(21)19-10-5-8-12-7-3-4-9-14(12)19/h3-4,7,9,13H,2,5-6,8,10-11H2,1H3,(H,18,23). The summed E-state index contributed by atoms with van der Waals surface area (Å²) in [7, 11) is 0. The molecule has 1 saturated heterocycles. The number of rotatable bonds is 4. The van der Waals surface area contributed by atoms with Crippen LogP contribution in [0.4, 0.5) is 10.5 Å². The van der Waals surface area contributed by atoms with Crippen LogP contribution in [0.15, 0.2) is 24.3 Å². The van der Waals surface area contributed by atoms with Gasteiger partial charge in [-0.05, 0) is 30.9 Å². The Morgan fingerprint density at radius 3 is 2.87 bits per heavy atom. The fraction of sp³-hybridized carbons (Fsp3) is 0.471. The molecule has 2 heterocycles. The summed E-state index contributed by atoms with van der Waals surface area (Å²) >= 11 is 0. The van der Waals surface area contributed by atoms with Crippen LogP contribution in [0, 0.1) is 0 Å². The minimum absolute atomic E-state index is 0.195. The predicted octanol–water partition coefficient (Wildman–Crippen LogP) is 1.69. The molecule has 1 atom stereocenters. The molecule has 6 nitrogen and oxygen atoms in total. The van der Waals surface area contributed by atoms with E-state index in [0.717, 1.165) is 35.4 Å². The number of fused-ring (bicyclic) bond motifs is 1. The Morgan fingerprint density at radius 1 is 1.30 bits per heavy atom. The van der Waals surface area contributed by atoms with E-state index < -0.39 is 12.1 Å². The van der Waals surface area contributed by atoms with E-state index in [2.05, 4.69) is 5.32 Å². The molecule has 0 saturated carbocycles. The molecule has 4 amide bonds. The van der Waals surface area contributed by atoms with Crippen molar-refractivity contribution < 1.29 is 14.4 Å². The quantitative estimate of drug-likeness (QED) is 0.860. The van der Waals surface area contributed by atoms with Crippen LogP contribution >= 0.6 is 0 Å². The monoisotopic (exact) mass is 315 g/mol. The number of para-hydroxylation sites is 1. The lowest BCUT2D eigenvalue weighted by atomic mass is 10.0. The molecule has 1 fully saturated rings. The van der Waals surface area contributed by atoms with E-state index in [9.17, 15) is 14.4 Å². The van der Waals surface area contributed by atoms with Gasteiger partial charge in [0, 0.05) is 12.2 Å². The SMILES string of the molecule is CCCC1NC(=O)N(CC(=O)N2CCCc3ccccc32)C1=O. The number of hydrogen-bond donors (Lipinski definition) is 1. The van der Waals surface area contributed by atoms with E-state index in [1.807, 2.05) is 31.2 Å². The van der Waals surface area contributed by atoms with Gasteiger partial charge in [-0.1, -0.05) is 31.5 Å². The topological polar surface area (TPSA) is 69.7 Å². The lowest BCUT2D eigenvalue weighted by molar-refractivity contribution is -0.131. The largest absolute Gasteiger partial charge is 0.326 e. The molecule has 2 aliphatic heterocycles. The van der Waals surface area contributed by atoms with Crippen LogP contribution in [0.5, 0.6) is 0 Å². The van der Waals surface area contributed by atoms with E-state index in [1.165, 1.54) is 0 Å². The van der Waals surface area contributed by atoms with Crippen molar-refractivity contribution in [2.45, 2.75) is 38.6 Å². The molecule has 3 rings (SSSR count). The Kier molecular flexibility index (Phi) is 4.32. The van der Waals surface area contributed by atoms with Gasteiger partial charge in [0.2, 0.25) is 5.91 Å². The van der Waals surface area contributed by atoms with Crippen molar-refractivity contribution >= 4 is 23.5 Å². The molecule has 1 aromatic carbocycles. The fourth-order valence-corrected chi connectivity index (χ4v) is 3.22. The second kappa shape index (κ2) is 6.40. The summed E-state index contributed by atoms with van der Waals surface area (Å²) < 4.78 is 0. The number of anilines is 1. The van der Waals surface area contributed by atoms with Crippen molar-refractivity contribution in [3.8, 4) is 0 Å². The van der Waals surface area contributed by atoms with Gasteiger partial charge in [0.15, 0.2) is 0 Å². The maximum absolute atomic E-state index is 12.6. The Balaban J connectivity index is 1.73. The van der Waals surface area contributed by atoms with E-state index in [4.69, 9.17) is 0 Å². The smallest absolute Gasteiger partial charge is 0.325 e. The van der Waals surface area contributed by atoms with Crippen molar-refractivity contribution in [3.63, 3.8) is 0 Å². The molecule has 0 aromatic heterocycles. The molecule has 1 N–H and O–H groups in total. The molecule has 2 aliphatic rings. The molecule has 122 valence electrons. The summed E-state index contributed by atoms with van der Waals surface area (Å²) in [5.41, 5.74) is 2.02. The van der Waals surface area contributed by atoms with Gasteiger partial charge >= 0.3 is 6.03 Å². The lowest BCUT2D eigenvalue weighted by Gasteiger charge is -2.30. The molecule has 0 aliphatic carbocycles. The number of amides is 4. The van der Waals surface area contributed by atoms with Crippen molar-refractivity contribution in [2.75, 3.05) is 18.0 Å². The third kappa shape index (κ3) is 2.93. The van der Waals surface area contributed by atoms with Crippen LogP contribution in [0.2, 0.25) is 0 Å². The second-order valence-corrected chi connectivity index (χ2v) is 5.99. The average molecular weight is 315 g/mol. The number of carbonyl (C=O) groups is 3. The number of carbonyl (C=O) groups excluding carboxylic acids is 3. The minimum Gasteiger partial charge on any atom is -0.326 e. The zero-order valence-corrected chi connectivity index (χ0v) is 13.2. The molecule has 1 unspecified atom stereocenters. The van der Waals surface area contributed by atoms with Crippen molar-refractivity contribution in [3.05, 3.63) is 29.8 Å². The molecule has 23 heavy (non-hydrogen) atoms. The van der Waals surface area contributed by atoms with E-state index in [0.29, 0.717) is 13.0 Å². The number of imide groups is 1. The van der Waals surface area contributed by atoms with Crippen LogP contribution in [-0.4, -0.2) is 41.9 Å². The van der Waals surface area contributed by atoms with E-state index in [1.54, 1.807) is 4.90 Å². The zero-order chi connectivity index (χ0) is 16.4. The van der Waals surface area contributed by atoms with Gasteiger partial charge in [-0.25, -0.2) is 4.79 Å². The second-order valence-electron chi connectivity index (χ2n) is 5.99. The highest BCUT2D eigenvalue weighted by Gasteiger charge is 2.39. The normalized spacial score (nSPS) is 20.5. The zero-order valence-electron chi connectivity index (χ0n) is 13.2. The van der Waals surface area contributed by atoms with Gasteiger partial charge in [-0.3, -0.25) is 14.5 Å². The number of nitrogens with zero attached hydrogens (tertiary/aromatic N) is 2. The predicted molar refractivity (Wildman–Crippen MR) is 86.1 cm³/mol. The van der Waals surface area contributed by atoms with Gasteiger partial charge in [0.25, 0.3) is 5.91 Å². The molecule has 0 radical (unpaired) electrons. The van der Waals surface area contributed by atoms with Crippen molar-refractivity contribution in [1.29, 1.82) is 0 Å². The number of hydrogen-bond acceptors (Lipinski definition) is 3. The van der Waals surface area contributed by atoms with Crippen LogP contribution in [0.1, 0.15) is 31.7 Å². The Hall–Kier alpha value is -2.37. The Bertz CT molecular complexity index is 644. The molecular weight excluding hydrogens is 294 g/mol. The fourth-order valence-electron chi connectivity index (χ4n) is 3.22. The first-order chi connectivity index (χ1) is 11.1. The van der Waals surface area contributed by atoms with Gasteiger partial charge in [0.1, 0.15) is 12.6 Å². The Morgan fingerprint density at radius 2 is 2.09 bits per heavy atom. The molecule has 0 bridgehead atoms.